The lowest BCUT2D eigenvalue weighted by Crippen LogP contribution is -2.09. The predicted molar refractivity (Wildman–Crippen MR) is 83.2 cm³/mol. The van der Waals surface area contributed by atoms with E-state index in [9.17, 15) is 5.26 Å². The third-order valence-corrected chi connectivity index (χ3v) is 4.61. The second-order valence-corrected chi connectivity index (χ2v) is 5.88. The molecular weight excluding hydrogens is 258 g/mol. The van der Waals surface area contributed by atoms with Crippen molar-refractivity contribution >= 4 is 16.4 Å². The summed E-state index contributed by atoms with van der Waals surface area (Å²) in [7, 11) is 0. The molecule has 1 aliphatic rings. The highest BCUT2D eigenvalue weighted by molar-refractivity contribution is 5.84. The van der Waals surface area contributed by atoms with E-state index in [0.29, 0.717) is 11.6 Å². The van der Waals surface area contributed by atoms with Crippen LogP contribution in [-0.2, 0) is 0 Å². The zero-order valence-corrected chi connectivity index (χ0v) is 11.9. The zero-order valence-electron chi connectivity index (χ0n) is 11.9. The number of fused-ring (bicyclic) bond motifs is 3. The molecule has 104 valence electrons. The Bertz CT molecular complexity index is 848. The van der Waals surface area contributed by atoms with Crippen LogP contribution in [0, 0.1) is 11.3 Å². The fraction of sp³-hybridized carbons (Fsp3) is 0.333. The van der Waals surface area contributed by atoms with Crippen molar-refractivity contribution in [3.8, 4) is 6.07 Å². The van der Waals surface area contributed by atoms with Crippen molar-refractivity contribution in [2.45, 2.75) is 38.0 Å². The molecule has 0 aliphatic heterocycles. The lowest BCUT2D eigenvalue weighted by molar-refractivity contribution is 0.428. The third-order valence-electron chi connectivity index (χ3n) is 4.61. The SMILES string of the molecule is N#Cc1nc(C2CCCCC2)n2c1ccc1ccccc12. The number of hydrogen-bond acceptors (Lipinski definition) is 2. The molecule has 3 nitrogen and oxygen atoms in total. The van der Waals surface area contributed by atoms with Gasteiger partial charge in [-0.25, -0.2) is 4.98 Å². The number of hydrogen-bond donors (Lipinski definition) is 0. The van der Waals surface area contributed by atoms with E-state index in [2.05, 4.69) is 45.8 Å². The summed E-state index contributed by atoms with van der Waals surface area (Å²) in [6.45, 7) is 0. The first-order valence-electron chi connectivity index (χ1n) is 7.68. The van der Waals surface area contributed by atoms with Gasteiger partial charge in [-0.2, -0.15) is 5.26 Å². The minimum Gasteiger partial charge on any atom is -0.295 e. The highest BCUT2D eigenvalue weighted by Gasteiger charge is 2.23. The average Bonchev–Trinajstić information content (AvgIpc) is 2.95. The van der Waals surface area contributed by atoms with E-state index >= 15 is 0 Å². The van der Waals surface area contributed by atoms with Crippen molar-refractivity contribution in [3.05, 3.63) is 47.9 Å². The Hall–Kier alpha value is -2.34. The molecule has 3 aromatic rings. The topological polar surface area (TPSA) is 41.1 Å². The van der Waals surface area contributed by atoms with Crippen LogP contribution < -0.4 is 0 Å². The second-order valence-electron chi connectivity index (χ2n) is 5.88. The van der Waals surface area contributed by atoms with Gasteiger partial charge in [0.1, 0.15) is 11.9 Å². The lowest BCUT2D eigenvalue weighted by atomic mass is 9.88. The van der Waals surface area contributed by atoms with Crippen LogP contribution in [0.4, 0.5) is 0 Å². The number of benzene rings is 1. The molecule has 0 radical (unpaired) electrons. The van der Waals surface area contributed by atoms with Crippen molar-refractivity contribution in [2.75, 3.05) is 0 Å². The number of imidazole rings is 1. The molecule has 3 heteroatoms. The molecule has 21 heavy (non-hydrogen) atoms. The van der Waals surface area contributed by atoms with Gasteiger partial charge in [0.25, 0.3) is 0 Å². The molecule has 1 aromatic carbocycles. The van der Waals surface area contributed by atoms with E-state index in [1.54, 1.807) is 0 Å². The summed E-state index contributed by atoms with van der Waals surface area (Å²) < 4.78 is 2.21. The Morgan fingerprint density at radius 2 is 1.81 bits per heavy atom. The molecule has 1 saturated carbocycles. The van der Waals surface area contributed by atoms with Gasteiger partial charge in [-0.1, -0.05) is 43.5 Å². The monoisotopic (exact) mass is 275 g/mol. The maximum Gasteiger partial charge on any atom is 0.166 e. The van der Waals surface area contributed by atoms with Gasteiger partial charge in [-0.15, -0.1) is 0 Å². The normalized spacial score (nSPS) is 16.3. The summed E-state index contributed by atoms with van der Waals surface area (Å²) in [5.41, 5.74) is 2.66. The summed E-state index contributed by atoms with van der Waals surface area (Å²) >= 11 is 0. The van der Waals surface area contributed by atoms with Gasteiger partial charge < -0.3 is 0 Å². The van der Waals surface area contributed by atoms with Crippen LogP contribution in [0.25, 0.3) is 16.4 Å². The van der Waals surface area contributed by atoms with E-state index in [0.717, 1.165) is 16.9 Å². The zero-order chi connectivity index (χ0) is 14.2. The second kappa shape index (κ2) is 4.89. The first kappa shape index (κ1) is 12.4. The Morgan fingerprint density at radius 3 is 2.62 bits per heavy atom. The van der Waals surface area contributed by atoms with Crippen LogP contribution in [-0.4, -0.2) is 9.38 Å². The highest BCUT2D eigenvalue weighted by Crippen LogP contribution is 2.34. The number of rotatable bonds is 1. The molecule has 0 spiro atoms. The standard InChI is InChI=1S/C18H17N3/c19-12-15-17-11-10-13-6-4-5-9-16(13)21(17)18(20-15)14-7-2-1-3-8-14/h4-6,9-11,14H,1-3,7-8H2. The van der Waals surface area contributed by atoms with Crippen LogP contribution >= 0.6 is 0 Å². The van der Waals surface area contributed by atoms with Gasteiger partial charge in [0, 0.05) is 5.92 Å². The van der Waals surface area contributed by atoms with Crippen molar-refractivity contribution in [2.24, 2.45) is 0 Å². The predicted octanol–water partition coefficient (Wildman–Crippen LogP) is 4.41. The van der Waals surface area contributed by atoms with Gasteiger partial charge >= 0.3 is 0 Å². The molecule has 0 unspecified atom stereocenters. The number of para-hydroxylation sites is 1. The number of nitriles is 1. The first-order valence-corrected chi connectivity index (χ1v) is 7.68. The fourth-order valence-corrected chi connectivity index (χ4v) is 3.58. The van der Waals surface area contributed by atoms with Crippen LogP contribution in [0.15, 0.2) is 36.4 Å². The van der Waals surface area contributed by atoms with Gasteiger partial charge in [-0.05, 0) is 30.4 Å². The Morgan fingerprint density at radius 1 is 1.00 bits per heavy atom. The van der Waals surface area contributed by atoms with E-state index in [4.69, 9.17) is 0 Å². The van der Waals surface area contributed by atoms with E-state index < -0.39 is 0 Å². The van der Waals surface area contributed by atoms with Gasteiger partial charge in [0.2, 0.25) is 0 Å². The minimum atomic E-state index is 0.485. The summed E-state index contributed by atoms with van der Waals surface area (Å²) in [5.74, 6) is 1.57. The van der Waals surface area contributed by atoms with E-state index in [1.807, 2.05) is 6.07 Å². The fourth-order valence-electron chi connectivity index (χ4n) is 3.58. The van der Waals surface area contributed by atoms with Crippen LogP contribution in [0.5, 0.6) is 0 Å². The summed E-state index contributed by atoms with van der Waals surface area (Å²) in [6, 6.07) is 14.7. The first-order chi connectivity index (χ1) is 10.4. The quantitative estimate of drug-likeness (QED) is 0.660. The molecular formula is C18H17N3. The van der Waals surface area contributed by atoms with Gasteiger partial charge in [0.15, 0.2) is 5.69 Å². The van der Waals surface area contributed by atoms with Crippen molar-refractivity contribution < 1.29 is 0 Å². The maximum absolute atomic E-state index is 9.39. The minimum absolute atomic E-state index is 0.485. The molecule has 0 amide bonds. The molecule has 0 atom stereocenters. The Balaban J connectivity index is 2.05. The maximum atomic E-state index is 9.39. The summed E-state index contributed by atoms with van der Waals surface area (Å²) in [4.78, 5) is 4.68. The summed E-state index contributed by atoms with van der Waals surface area (Å²) in [6.07, 6.45) is 6.24. The molecule has 0 bridgehead atoms. The average molecular weight is 275 g/mol. The number of pyridine rings is 1. The Kier molecular flexibility index (Phi) is 2.89. The Labute approximate surface area is 123 Å². The van der Waals surface area contributed by atoms with Crippen LogP contribution in [0.3, 0.4) is 0 Å². The molecule has 2 heterocycles. The molecule has 1 fully saturated rings. The van der Waals surface area contributed by atoms with E-state index in [-0.39, 0.29) is 0 Å². The van der Waals surface area contributed by atoms with Crippen LogP contribution in [0.1, 0.15) is 49.5 Å². The molecule has 4 rings (SSSR count). The van der Waals surface area contributed by atoms with Gasteiger partial charge in [-0.3, -0.25) is 4.40 Å². The summed E-state index contributed by atoms with van der Waals surface area (Å²) in [5, 5.41) is 10.6. The van der Waals surface area contributed by atoms with E-state index in [1.165, 1.54) is 37.5 Å². The third kappa shape index (κ3) is 1.91. The smallest absolute Gasteiger partial charge is 0.166 e. The number of nitrogens with zero attached hydrogens (tertiary/aromatic N) is 3. The lowest BCUT2D eigenvalue weighted by Gasteiger charge is -2.21. The molecule has 0 N–H and O–H groups in total. The van der Waals surface area contributed by atoms with Crippen molar-refractivity contribution in [3.63, 3.8) is 0 Å². The highest BCUT2D eigenvalue weighted by atomic mass is 15.0. The molecule has 0 saturated heterocycles. The van der Waals surface area contributed by atoms with Gasteiger partial charge in [0.05, 0.1) is 11.0 Å². The van der Waals surface area contributed by atoms with Crippen LogP contribution in [0.2, 0.25) is 0 Å². The largest absolute Gasteiger partial charge is 0.295 e. The van der Waals surface area contributed by atoms with Crippen molar-refractivity contribution in [1.82, 2.24) is 9.38 Å². The molecule has 1 aliphatic carbocycles. The van der Waals surface area contributed by atoms with Crippen molar-refractivity contribution in [1.29, 1.82) is 5.26 Å². The molecule has 2 aromatic heterocycles. The number of aromatic nitrogens is 2.